The number of carbonyl (C=O) groups excluding carboxylic acids is 1. The number of nitrogens with one attached hydrogen (secondary N) is 2. The van der Waals surface area contributed by atoms with Gasteiger partial charge in [-0.3, -0.25) is 4.79 Å². The Morgan fingerprint density at radius 1 is 1.53 bits per heavy atom. The molecule has 106 valence electrons. The van der Waals surface area contributed by atoms with Gasteiger partial charge in [-0.1, -0.05) is 0 Å². The highest BCUT2D eigenvalue weighted by molar-refractivity contribution is 9.10. The average molecular weight is 330 g/mol. The molecule has 1 rings (SSSR count). The Labute approximate surface area is 122 Å². The minimum Gasteiger partial charge on any atom is -0.382 e. The lowest BCUT2D eigenvalue weighted by Crippen LogP contribution is -2.47. The molecule has 1 heterocycles. The molecule has 5 nitrogen and oxygen atoms in total. The molecule has 0 radical (unpaired) electrons. The number of ether oxygens (including phenoxy) is 1. The number of hydrogen-bond acceptors (Lipinski definition) is 4. The molecule has 0 aliphatic carbocycles. The van der Waals surface area contributed by atoms with Crippen LogP contribution in [-0.4, -0.2) is 36.7 Å². The van der Waals surface area contributed by atoms with Crippen molar-refractivity contribution in [3.05, 3.63) is 22.3 Å². The maximum absolute atomic E-state index is 12.3. The molecule has 0 aromatic carbocycles. The smallest absolute Gasteiger partial charge is 0.255 e. The van der Waals surface area contributed by atoms with Crippen molar-refractivity contribution in [2.45, 2.75) is 26.3 Å². The van der Waals surface area contributed by atoms with Crippen LogP contribution in [0.5, 0.6) is 0 Å². The summed E-state index contributed by atoms with van der Waals surface area (Å²) in [7, 11) is 1.61. The number of hydrogen-bond donors (Lipinski definition) is 2. The average Bonchev–Trinajstić information content (AvgIpc) is 2.30. The van der Waals surface area contributed by atoms with Crippen molar-refractivity contribution in [3.8, 4) is 0 Å². The molecule has 0 saturated carbocycles. The van der Waals surface area contributed by atoms with Gasteiger partial charge >= 0.3 is 0 Å². The fraction of sp³-hybridized carbons (Fsp3) is 0.538. The lowest BCUT2D eigenvalue weighted by atomic mass is 10.1. The van der Waals surface area contributed by atoms with E-state index in [9.17, 15) is 4.79 Å². The number of halogens is 1. The Hall–Kier alpha value is -1.14. The van der Waals surface area contributed by atoms with E-state index in [4.69, 9.17) is 4.74 Å². The number of pyridine rings is 1. The van der Waals surface area contributed by atoms with Crippen molar-refractivity contribution in [1.29, 1.82) is 0 Å². The number of nitrogens with zero attached hydrogens (tertiary/aromatic N) is 1. The van der Waals surface area contributed by atoms with Crippen molar-refractivity contribution < 1.29 is 9.53 Å². The Morgan fingerprint density at radius 3 is 2.79 bits per heavy atom. The second-order valence-electron chi connectivity index (χ2n) is 4.85. The van der Waals surface area contributed by atoms with E-state index < -0.39 is 5.54 Å². The van der Waals surface area contributed by atoms with Crippen molar-refractivity contribution in [3.63, 3.8) is 0 Å². The lowest BCUT2D eigenvalue weighted by Gasteiger charge is -2.25. The van der Waals surface area contributed by atoms with Gasteiger partial charge in [0.25, 0.3) is 5.91 Å². The SMILES string of the molecule is CCNc1ncc(Br)cc1C(=O)NC(C)(C)COC. The lowest BCUT2D eigenvalue weighted by molar-refractivity contribution is 0.0820. The maximum Gasteiger partial charge on any atom is 0.255 e. The largest absolute Gasteiger partial charge is 0.382 e. The van der Waals surface area contributed by atoms with Crippen LogP contribution in [0.4, 0.5) is 5.82 Å². The minimum absolute atomic E-state index is 0.174. The number of rotatable bonds is 6. The molecule has 6 heteroatoms. The zero-order chi connectivity index (χ0) is 14.5. The van der Waals surface area contributed by atoms with Crippen LogP contribution in [0.15, 0.2) is 16.7 Å². The van der Waals surface area contributed by atoms with Crippen molar-refractivity contribution >= 4 is 27.7 Å². The number of carbonyl (C=O) groups is 1. The highest BCUT2D eigenvalue weighted by Crippen LogP contribution is 2.19. The zero-order valence-electron chi connectivity index (χ0n) is 11.7. The predicted molar refractivity (Wildman–Crippen MR) is 79.5 cm³/mol. The standard InChI is InChI=1S/C13H20BrN3O2/c1-5-15-11-10(6-9(14)7-16-11)12(18)17-13(2,3)8-19-4/h6-7H,5,8H2,1-4H3,(H,15,16)(H,17,18). The fourth-order valence-electron chi connectivity index (χ4n) is 1.69. The summed E-state index contributed by atoms with van der Waals surface area (Å²) in [5.41, 5.74) is 0.0814. The van der Waals surface area contributed by atoms with E-state index in [2.05, 4.69) is 31.5 Å². The maximum atomic E-state index is 12.3. The molecule has 0 aliphatic heterocycles. The molecule has 0 saturated heterocycles. The highest BCUT2D eigenvalue weighted by Gasteiger charge is 2.23. The van der Waals surface area contributed by atoms with Crippen molar-refractivity contribution in [1.82, 2.24) is 10.3 Å². The first-order chi connectivity index (χ1) is 8.89. The van der Waals surface area contributed by atoms with Gasteiger partial charge in [-0.15, -0.1) is 0 Å². The van der Waals surface area contributed by atoms with Gasteiger partial charge in [0.05, 0.1) is 17.7 Å². The third-order valence-electron chi connectivity index (χ3n) is 2.40. The molecular weight excluding hydrogens is 310 g/mol. The Kier molecular flexibility index (Phi) is 5.75. The molecule has 0 fully saturated rings. The van der Waals surface area contributed by atoms with Crippen molar-refractivity contribution in [2.24, 2.45) is 0 Å². The molecule has 2 N–H and O–H groups in total. The van der Waals surface area contributed by atoms with E-state index in [0.29, 0.717) is 24.5 Å². The zero-order valence-corrected chi connectivity index (χ0v) is 13.3. The van der Waals surface area contributed by atoms with Crippen LogP contribution in [0.1, 0.15) is 31.1 Å². The van der Waals surface area contributed by atoms with Crippen LogP contribution in [0, 0.1) is 0 Å². The summed E-state index contributed by atoms with van der Waals surface area (Å²) < 4.78 is 5.86. The molecule has 0 atom stereocenters. The molecule has 1 aromatic heterocycles. The first-order valence-electron chi connectivity index (χ1n) is 6.10. The Morgan fingerprint density at radius 2 is 2.21 bits per heavy atom. The normalized spacial score (nSPS) is 11.2. The first-order valence-corrected chi connectivity index (χ1v) is 6.90. The summed E-state index contributed by atoms with van der Waals surface area (Å²) in [6.07, 6.45) is 1.66. The molecule has 19 heavy (non-hydrogen) atoms. The van der Waals surface area contributed by atoms with E-state index in [-0.39, 0.29) is 5.91 Å². The summed E-state index contributed by atoms with van der Waals surface area (Å²) in [6, 6.07) is 1.75. The summed E-state index contributed by atoms with van der Waals surface area (Å²) in [5.74, 6) is 0.406. The highest BCUT2D eigenvalue weighted by atomic mass is 79.9. The van der Waals surface area contributed by atoms with E-state index in [1.807, 2.05) is 20.8 Å². The van der Waals surface area contributed by atoms with Crippen LogP contribution < -0.4 is 10.6 Å². The number of aromatic nitrogens is 1. The van der Waals surface area contributed by atoms with E-state index in [1.54, 1.807) is 19.4 Å². The van der Waals surface area contributed by atoms with E-state index >= 15 is 0 Å². The summed E-state index contributed by atoms with van der Waals surface area (Å²) >= 11 is 3.33. The monoisotopic (exact) mass is 329 g/mol. The second kappa shape index (κ2) is 6.86. The van der Waals surface area contributed by atoms with Crippen LogP contribution in [0.25, 0.3) is 0 Å². The van der Waals surface area contributed by atoms with Gasteiger partial charge < -0.3 is 15.4 Å². The molecule has 0 unspecified atom stereocenters. The van der Waals surface area contributed by atoms with Gasteiger partial charge in [0, 0.05) is 24.3 Å². The third kappa shape index (κ3) is 4.80. The second-order valence-corrected chi connectivity index (χ2v) is 5.77. The quantitative estimate of drug-likeness (QED) is 0.841. The summed E-state index contributed by atoms with van der Waals surface area (Å²) in [4.78, 5) is 16.5. The Balaban J connectivity index is 2.95. The molecule has 0 bridgehead atoms. The number of amides is 1. The molecule has 0 spiro atoms. The Bertz CT molecular complexity index is 450. The summed E-state index contributed by atoms with van der Waals surface area (Å²) in [5, 5.41) is 6.01. The van der Waals surface area contributed by atoms with Gasteiger partial charge in [-0.25, -0.2) is 4.98 Å². The molecule has 1 aromatic rings. The molecule has 0 aliphatic rings. The molecular formula is C13H20BrN3O2. The minimum atomic E-state index is -0.433. The van der Waals surface area contributed by atoms with Gasteiger partial charge in [0.2, 0.25) is 0 Å². The van der Waals surface area contributed by atoms with E-state index in [1.165, 1.54) is 0 Å². The van der Waals surface area contributed by atoms with Gasteiger partial charge in [0.1, 0.15) is 5.82 Å². The van der Waals surface area contributed by atoms with Gasteiger partial charge in [-0.2, -0.15) is 0 Å². The van der Waals surface area contributed by atoms with Crippen molar-refractivity contribution in [2.75, 3.05) is 25.6 Å². The third-order valence-corrected chi connectivity index (χ3v) is 2.83. The van der Waals surface area contributed by atoms with Crippen LogP contribution >= 0.6 is 15.9 Å². The number of anilines is 1. The van der Waals surface area contributed by atoms with E-state index in [0.717, 1.165) is 4.47 Å². The molecule has 1 amide bonds. The summed E-state index contributed by atoms with van der Waals surface area (Å²) in [6.45, 7) is 6.92. The topological polar surface area (TPSA) is 63.2 Å². The van der Waals surface area contributed by atoms with Gasteiger partial charge in [-0.05, 0) is 42.8 Å². The number of methoxy groups -OCH3 is 1. The first kappa shape index (κ1) is 15.9. The predicted octanol–water partition coefficient (Wildman–Crippen LogP) is 2.43. The van der Waals surface area contributed by atoms with Crippen LogP contribution in [-0.2, 0) is 4.74 Å². The van der Waals surface area contributed by atoms with Crippen LogP contribution in [0.3, 0.4) is 0 Å². The van der Waals surface area contributed by atoms with Crippen LogP contribution in [0.2, 0.25) is 0 Å². The van der Waals surface area contributed by atoms with Gasteiger partial charge in [0.15, 0.2) is 0 Å². The fourth-order valence-corrected chi connectivity index (χ4v) is 2.02.